The second-order valence-corrected chi connectivity index (χ2v) is 5.05. The standard InChI is InChI=1S/C14H18N2O3/c1-14(9-17,10-6-4-3-5-7-10)15-11-8-12(18)16(2)13(11)19/h3-7,11,15,17H,8-9H2,1-2H3. The van der Waals surface area contributed by atoms with E-state index < -0.39 is 11.6 Å². The molecule has 2 N–H and O–H groups in total. The van der Waals surface area contributed by atoms with Crippen molar-refractivity contribution < 1.29 is 14.7 Å². The molecule has 5 heteroatoms. The van der Waals surface area contributed by atoms with Crippen LogP contribution in [0.15, 0.2) is 30.3 Å². The van der Waals surface area contributed by atoms with Crippen LogP contribution in [0.4, 0.5) is 0 Å². The van der Waals surface area contributed by atoms with E-state index in [1.807, 2.05) is 37.3 Å². The Morgan fingerprint density at radius 1 is 1.37 bits per heavy atom. The average molecular weight is 262 g/mol. The minimum absolute atomic E-state index is 0.137. The van der Waals surface area contributed by atoms with Crippen molar-refractivity contribution >= 4 is 11.8 Å². The Bertz CT molecular complexity index is 489. The Morgan fingerprint density at radius 3 is 2.47 bits per heavy atom. The highest BCUT2D eigenvalue weighted by Crippen LogP contribution is 2.23. The Hall–Kier alpha value is -1.72. The lowest BCUT2D eigenvalue weighted by atomic mass is 9.91. The highest BCUT2D eigenvalue weighted by Gasteiger charge is 2.40. The Kier molecular flexibility index (Phi) is 3.68. The number of amides is 2. The van der Waals surface area contributed by atoms with Crippen LogP contribution < -0.4 is 5.32 Å². The van der Waals surface area contributed by atoms with Gasteiger partial charge in [0.25, 0.3) is 0 Å². The van der Waals surface area contributed by atoms with Gasteiger partial charge in [0.2, 0.25) is 11.8 Å². The van der Waals surface area contributed by atoms with Crippen molar-refractivity contribution in [2.24, 2.45) is 0 Å². The van der Waals surface area contributed by atoms with Crippen LogP contribution in [0.5, 0.6) is 0 Å². The van der Waals surface area contributed by atoms with Gasteiger partial charge < -0.3 is 5.11 Å². The van der Waals surface area contributed by atoms with Crippen molar-refractivity contribution in [3.8, 4) is 0 Å². The van der Waals surface area contributed by atoms with Crippen LogP contribution in [0.1, 0.15) is 18.9 Å². The first-order valence-electron chi connectivity index (χ1n) is 6.22. The smallest absolute Gasteiger partial charge is 0.246 e. The maximum absolute atomic E-state index is 11.9. The number of rotatable bonds is 4. The molecule has 2 unspecified atom stereocenters. The molecule has 2 amide bonds. The lowest BCUT2D eigenvalue weighted by Crippen LogP contribution is -2.51. The van der Waals surface area contributed by atoms with E-state index in [4.69, 9.17) is 0 Å². The maximum atomic E-state index is 11.9. The van der Waals surface area contributed by atoms with Gasteiger partial charge in [0.05, 0.1) is 24.6 Å². The molecule has 0 radical (unpaired) electrons. The van der Waals surface area contributed by atoms with Gasteiger partial charge in [-0.3, -0.25) is 19.8 Å². The van der Waals surface area contributed by atoms with Gasteiger partial charge >= 0.3 is 0 Å². The van der Waals surface area contributed by atoms with Crippen LogP contribution in [-0.2, 0) is 15.1 Å². The van der Waals surface area contributed by atoms with Crippen molar-refractivity contribution in [3.05, 3.63) is 35.9 Å². The van der Waals surface area contributed by atoms with Crippen molar-refractivity contribution in [2.45, 2.75) is 24.9 Å². The van der Waals surface area contributed by atoms with Crippen LogP contribution in [-0.4, -0.2) is 41.5 Å². The summed E-state index contributed by atoms with van der Waals surface area (Å²) in [6.07, 6.45) is 0.137. The van der Waals surface area contributed by atoms with Gasteiger partial charge in [-0.25, -0.2) is 0 Å². The number of carbonyl (C=O) groups excluding carboxylic acids is 2. The van der Waals surface area contributed by atoms with Crippen LogP contribution in [0.25, 0.3) is 0 Å². The SMILES string of the molecule is CN1C(=O)CC(NC(C)(CO)c2ccccc2)C1=O. The minimum atomic E-state index is -0.743. The molecule has 1 saturated heterocycles. The molecule has 1 aromatic carbocycles. The molecule has 0 aromatic heterocycles. The van der Waals surface area contributed by atoms with E-state index in [0.717, 1.165) is 10.5 Å². The van der Waals surface area contributed by atoms with Gasteiger partial charge in [0.15, 0.2) is 0 Å². The number of likely N-dealkylation sites (tertiary alicyclic amines) is 1. The minimum Gasteiger partial charge on any atom is -0.394 e. The van der Waals surface area contributed by atoms with Gasteiger partial charge in [-0.2, -0.15) is 0 Å². The van der Waals surface area contributed by atoms with Crippen molar-refractivity contribution in [1.29, 1.82) is 0 Å². The number of likely N-dealkylation sites (N-methyl/N-ethyl adjacent to an activating group) is 1. The Labute approximate surface area is 112 Å². The molecule has 2 atom stereocenters. The van der Waals surface area contributed by atoms with Gasteiger partial charge in [-0.05, 0) is 12.5 Å². The van der Waals surface area contributed by atoms with Crippen LogP contribution in [0.3, 0.4) is 0 Å². The van der Waals surface area contributed by atoms with E-state index in [1.165, 1.54) is 7.05 Å². The molecule has 2 rings (SSSR count). The average Bonchev–Trinajstić information content (AvgIpc) is 2.67. The zero-order valence-corrected chi connectivity index (χ0v) is 11.1. The molecular formula is C14H18N2O3. The van der Waals surface area contributed by atoms with Crippen LogP contribution >= 0.6 is 0 Å². The zero-order valence-electron chi connectivity index (χ0n) is 11.1. The fraction of sp³-hybridized carbons (Fsp3) is 0.429. The summed E-state index contributed by atoms with van der Waals surface area (Å²) in [6, 6.07) is 8.83. The molecule has 102 valence electrons. The quantitative estimate of drug-likeness (QED) is 0.763. The first kappa shape index (κ1) is 13.7. The summed E-state index contributed by atoms with van der Waals surface area (Å²) in [5.74, 6) is -0.448. The summed E-state index contributed by atoms with van der Waals surface area (Å²) in [5, 5.41) is 12.8. The molecule has 19 heavy (non-hydrogen) atoms. The molecule has 0 aliphatic carbocycles. The topological polar surface area (TPSA) is 69.6 Å². The highest BCUT2D eigenvalue weighted by molar-refractivity contribution is 6.05. The fourth-order valence-electron chi connectivity index (χ4n) is 2.28. The van der Waals surface area contributed by atoms with Gasteiger partial charge in [0.1, 0.15) is 0 Å². The second kappa shape index (κ2) is 5.11. The van der Waals surface area contributed by atoms with Crippen LogP contribution in [0.2, 0.25) is 0 Å². The molecule has 0 saturated carbocycles. The number of imide groups is 1. The largest absolute Gasteiger partial charge is 0.394 e. The molecule has 0 spiro atoms. The highest BCUT2D eigenvalue weighted by atomic mass is 16.3. The van der Waals surface area contributed by atoms with Gasteiger partial charge in [-0.15, -0.1) is 0 Å². The summed E-state index contributed by atoms with van der Waals surface area (Å²) < 4.78 is 0. The van der Waals surface area contributed by atoms with E-state index in [9.17, 15) is 14.7 Å². The first-order valence-corrected chi connectivity index (χ1v) is 6.22. The second-order valence-electron chi connectivity index (χ2n) is 5.05. The third-order valence-corrected chi connectivity index (χ3v) is 3.60. The third-order valence-electron chi connectivity index (χ3n) is 3.60. The van der Waals surface area contributed by atoms with Crippen molar-refractivity contribution in [3.63, 3.8) is 0 Å². The van der Waals surface area contributed by atoms with Crippen LogP contribution in [0, 0.1) is 0 Å². The van der Waals surface area contributed by atoms with E-state index in [2.05, 4.69) is 5.32 Å². The number of aliphatic hydroxyl groups excluding tert-OH is 1. The molecule has 1 aliphatic rings. The zero-order chi connectivity index (χ0) is 14.0. The van der Waals surface area contributed by atoms with E-state index in [0.29, 0.717) is 0 Å². The van der Waals surface area contributed by atoms with Gasteiger partial charge in [0, 0.05) is 7.05 Å². The number of nitrogens with zero attached hydrogens (tertiary/aromatic N) is 1. The molecule has 1 aliphatic heterocycles. The van der Waals surface area contributed by atoms with Gasteiger partial charge in [-0.1, -0.05) is 30.3 Å². The van der Waals surface area contributed by atoms with Crippen molar-refractivity contribution in [1.82, 2.24) is 10.2 Å². The first-order chi connectivity index (χ1) is 8.98. The molecule has 1 heterocycles. The number of aliphatic hydroxyl groups is 1. The maximum Gasteiger partial charge on any atom is 0.246 e. The number of hydrogen-bond donors (Lipinski definition) is 2. The van der Waals surface area contributed by atoms with E-state index >= 15 is 0 Å². The molecule has 5 nitrogen and oxygen atoms in total. The number of nitrogens with one attached hydrogen (secondary N) is 1. The van der Waals surface area contributed by atoms with E-state index in [1.54, 1.807) is 0 Å². The third kappa shape index (κ3) is 2.52. The fourth-order valence-corrected chi connectivity index (χ4v) is 2.28. The lowest BCUT2D eigenvalue weighted by Gasteiger charge is -2.31. The molecule has 1 aromatic rings. The Balaban J connectivity index is 2.20. The lowest BCUT2D eigenvalue weighted by molar-refractivity contribution is -0.137. The number of hydrogen-bond acceptors (Lipinski definition) is 4. The summed E-state index contributed by atoms with van der Waals surface area (Å²) in [5.41, 5.74) is 0.139. The normalized spacial score (nSPS) is 22.7. The predicted octanol–water partition coefficient (Wildman–Crippen LogP) is 0.241. The van der Waals surface area contributed by atoms with E-state index in [-0.39, 0.29) is 24.8 Å². The predicted molar refractivity (Wildman–Crippen MR) is 70.2 cm³/mol. The molecular weight excluding hydrogens is 244 g/mol. The number of carbonyl (C=O) groups is 2. The monoisotopic (exact) mass is 262 g/mol. The number of benzene rings is 1. The summed E-state index contributed by atoms with van der Waals surface area (Å²) in [4.78, 5) is 24.5. The Morgan fingerprint density at radius 2 is 2.00 bits per heavy atom. The summed E-state index contributed by atoms with van der Waals surface area (Å²) in [6.45, 7) is 1.66. The molecule has 1 fully saturated rings. The molecule has 0 bridgehead atoms. The van der Waals surface area contributed by atoms with Crippen molar-refractivity contribution in [2.75, 3.05) is 13.7 Å². The summed E-state index contributed by atoms with van der Waals surface area (Å²) >= 11 is 0. The summed E-state index contributed by atoms with van der Waals surface area (Å²) in [7, 11) is 1.48.